The first-order valence-electron chi connectivity index (χ1n) is 19.8. The zero-order chi connectivity index (χ0) is 39.5. The van der Waals surface area contributed by atoms with E-state index in [9.17, 15) is 4.11 Å². The van der Waals surface area contributed by atoms with Gasteiger partial charge >= 0.3 is 0 Å². The van der Waals surface area contributed by atoms with Crippen molar-refractivity contribution >= 4 is 53.3 Å². The van der Waals surface area contributed by atoms with Crippen molar-refractivity contribution in [3.63, 3.8) is 0 Å². The molecule has 0 saturated heterocycles. The largest absolute Gasteiger partial charge is 0.309 e. The molecule has 0 saturated carbocycles. The van der Waals surface area contributed by atoms with E-state index in [1.54, 1.807) is 17.4 Å². The summed E-state index contributed by atoms with van der Waals surface area (Å²) in [5, 5.41) is 1.74. The van der Waals surface area contributed by atoms with E-state index in [-0.39, 0.29) is 38.9 Å². The third-order valence-electron chi connectivity index (χ3n) is 7.56. The van der Waals surface area contributed by atoms with Gasteiger partial charge in [0.15, 0.2) is 5.82 Å². The third-order valence-corrected chi connectivity index (χ3v) is 8.78. The van der Waals surface area contributed by atoms with Crippen LogP contribution >= 0.6 is 11.3 Å². The Balaban J connectivity index is 1.43. The maximum absolute atomic E-state index is 9.72. The molecule has 0 N–H and O–H groups in total. The number of benzene rings is 6. The predicted molar refractivity (Wildman–Crippen MR) is 186 cm³/mol. The van der Waals surface area contributed by atoms with Crippen LogP contribution in [0.25, 0.3) is 81.6 Å². The van der Waals surface area contributed by atoms with Gasteiger partial charge in [-0.05, 0) is 42.3 Å². The van der Waals surface area contributed by atoms with Gasteiger partial charge in [-0.25, -0.2) is 9.97 Å². The summed E-state index contributed by atoms with van der Waals surface area (Å²) in [7, 11) is 0. The summed E-state index contributed by atoms with van der Waals surface area (Å²) in [6.07, 6.45) is 0. The van der Waals surface area contributed by atoms with E-state index in [0.717, 1.165) is 30.3 Å². The number of hydrogen-bond acceptors (Lipinski definition) is 3. The van der Waals surface area contributed by atoms with Crippen molar-refractivity contribution in [1.29, 1.82) is 0 Å². The summed E-state index contributed by atoms with van der Waals surface area (Å²) in [6, 6.07) is 17.4. The molecule has 9 aromatic rings. The van der Waals surface area contributed by atoms with Crippen LogP contribution in [0, 0.1) is 0 Å². The van der Waals surface area contributed by atoms with Crippen LogP contribution in [0.1, 0.15) is 16.4 Å². The highest BCUT2D eigenvalue weighted by Crippen LogP contribution is 2.41. The minimum atomic E-state index is -0.701. The molecule has 3 aromatic heterocycles. The first-order chi connectivity index (χ1) is 26.8. The van der Waals surface area contributed by atoms with Crippen molar-refractivity contribution in [2.45, 2.75) is 0 Å². The summed E-state index contributed by atoms with van der Waals surface area (Å²) in [5.74, 6) is 0.283. The molecule has 0 atom stereocenters. The monoisotopic (exact) mass is 591 g/mol. The van der Waals surface area contributed by atoms with Gasteiger partial charge in [0.2, 0.25) is 0 Å². The molecule has 0 aliphatic rings. The second kappa shape index (κ2) is 10.0. The summed E-state index contributed by atoms with van der Waals surface area (Å²) in [4.78, 5) is 9.83. The van der Waals surface area contributed by atoms with Gasteiger partial charge in [-0.2, -0.15) is 0 Å². The SMILES string of the molecule is [2H]c1c([2H])c([2H])c(-n2c3c([2H])c([2H])c([2H])c([2H])c3c3c([2H])c(-c4cc(-c5cccc6c5sc5ccccc56)nc(-c5ccccc5)n4)c([2H])c([2H])c32)c([2H])c1[2H]. The van der Waals surface area contributed by atoms with E-state index in [4.69, 9.17) is 22.3 Å². The number of thiophene rings is 1. The molecule has 0 fully saturated rings. The van der Waals surface area contributed by atoms with E-state index in [1.165, 1.54) is 0 Å². The zero-order valence-electron chi connectivity index (χ0n) is 34.8. The molecule has 3 nitrogen and oxygen atoms in total. The molecule has 0 bridgehead atoms. The van der Waals surface area contributed by atoms with Crippen molar-refractivity contribution in [1.82, 2.24) is 14.5 Å². The Morgan fingerprint density at radius 3 is 2.23 bits per heavy atom. The molecular weight excluding hydrogens is 555 g/mol. The summed E-state index contributed by atoms with van der Waals surface area (Å²) >= 11 is 1.60. The quantitative estimate of drug-likeness (QED) is 0.204. The lowest BCUT2D eigenvalue weighted by atomic mass is 10.0. The van der Waals surface area contributed by atoms with E-state index in [1.807, 2.05) is 66.7 Å². The first-order valence-corrected chi connectivity index (χ1v) is 14.6. The van der Waals surface area contributed by atoms with Crippen molar-refractivity contribution < 1.29 is 16.4 Å². The van der Waals surface area contributed by atoms with Gasteiger partial charge in [-0.15, -0.1) is 11.3 Å². The Morgan fingerprint density at radius 2 is 1.32 bits per heavy atom. The molecule has 44 heavy (non-hydrogen) atoms. The molecule has 0 aliphatic heterocycles. The predicted octanol–water partition coefficient (Wildman–Crippen LogP) is 10.9. The van der Waals surface area contributed by atoms with E-state index < -0.39 is 78.2 Å². The Morgan fingerprint density at radius 1 is 0.568 bits per heavy atom. The number of hydrogen-bond donors (Lipinski definition) is 0. The van der Waals surface area contributed by atoms with Crippen molar-refractivity contribution in [3.05, 3.63) is 151 Å². The summed E-state index contributed by atoms with van der Waals surface area (Å²) in [5.41, 5.74) is 0.858. The van der Waals surface area contributed by atoms with E-state index >= 15 is 0 Å². The normalized spacial score (nSPS) is 15.5. The van der Waals surface area contributed by atoms with Crippen molar-refractivity contribution in [2.24, 2.45) is 0 Å². The Bertz CT molecular complexity index is 3150. The van der Waals surface area contributed by atoms with E-state index in [0.29, 0.717) is 11.3 Å². The van der Waals surface area contributed by atoms with Crippen LogP contribution in [0.15, 0.2) is 151 Å². The molecule has 9 rings (SSSR count). The van der Waals surface area contributed by atoms with Crippen LogP contribution in [0.3, 0.4) is 0 Å². The lowest BCUT2D eigenvalue weighted by Crippen LogP contribution is -1.96. The van der Waals surface area contributed by atoms with Crippen LogP contribution in [-0.2, 0) is 0 Å². The fourth-order valence-electron chi connectivity index (χ4n) is 5.60. The van der Waals surface area contributed by atoms with E-state index in [2.05, 4.69) is 6.07 Å². The maximum atomic E-state index is 9.72. The molecule has 0 spiro atoms. The standard InChI is InChI=1S/C40H25N3S/c1-3-12-26(13-4-1)40-41-34(25-35(42-40)32-19-11-18-31-30-17-8-10-21-38(30)44-39(31)32)27-22-23-37-33(24-27)29-16-7-9-20-36(29)43(37)28-14-5-2-6-15-28/h1-25H/i2D,5D,6D,7D,9D,14D,15D,16D,20D,22D,23D,24D. The molecule has 6 aromatic carbocycles. The van der Waals surface area contributed by atoms with Gasteiger partial charge in [0.25, 0.3) is 0 Å². The van der Waals surface area contributed by atoms with Gasteiger partial charge in [-0.1, -0.05) is 109 Å². The number of rotatable bonds is 4. The minimum absolute atomic E-state index is 0.112. The highest BCUT2D eigenvalue weighted by molar-refractivity contribution is 7.26. The Hall–Kier alpha value is -5.58. The molecule has 0 unspecified atom stereocenters. The molecule has 4 heteroatoms. The van der Waals surface area contributed by atoms with Gasteiger partial charge in [0.1, 0.15) is 0 Å². The second-order valence-electron chi connectivity index (χ2n) is 10.1. The molecule has 3 heterocycles. The Labute approximate surface area is 275 Å². The molecule has 0 aliphatic carbocycles. The summed E-state index contributed by atoms with van der Waals surface area (Å²) in [6.45, 7) is 0. The highest BCUT2D eigenvalue weighted by atomic mass is 32.1. The molecule has 206 valence electrons. The van der Waals surface area contributed by atoms with Gasteiger partial charge < -0.3 is 4.57 Å². The zero-order valence-corrected chi connectivity index (χ0v) is 23.6. The van der Waals surface area contributed by atoms with Gasteiger partial charge in [0.05, 0.1) is 38.9 Å². The van der Waals surface area contributed by atoms with Crippen LogP contribution in [0.2, 0.25) is 0 Å². The maximum Gasteiger partial charge on any atom is 0.160 e. The highest BCUT2D eigenvalue weighted by Gasteiger charge is 2.17. The fourth-order valence-corrected chi connectivity index (χ4v) is 6.82. The lowest BCUT2D eigenvalue weighted by Gasteiger charge is -2.11. The number of fused-ring (bicyclic) bond motifs is 6. The summed E-state index contributed by atoms with van der Waals surface area (Å²) < 4.78 is 109. The smallest absolute Gasteiger partial charge is 0.160 e. The minimum Gasteiger partial charge on any atom is -0.309 e. The second-order valence-corrected chi connectivity index (χ2v) is 11.2. The third kappa shape index (κ3) is 3.96. The van der Waals surface area contributed by atoms with Crippen LogP contribution in [-0.4, -0.2) is 14.5 Å². The molecular formula is C40H25N3S. The first kappa shape index (κ1) is 15.8. The average Bonchev–Trinajstić information content (AvgIpc) is 3.77. The van der Waals surface area contributed by atoms with Crippen molar-refractivity contribution in [2.75, 3.05) is 0 Å². The van der Waals surface area contributed by atoms with Crippen molar-refractivity contribution in [3.8, 4) is 39.6 Å². The van der Waals surface area contributed by atoms with Crippen LogP contribution in [0.4, 0.5) is 0 Å². The van der Waals surface area contributed by atoms with Crippen LogP contribution < -0.4 is 0 Å². The lowest BCUT2D eigenvalue weighted by molar-refractivity contribution is 1.18. The molecule has 0 amide bonds. The fraction of sp³-hybridized carbons (Fsp3) is 0. The topological polar surface area (TPSA) is 30.7 Å². The Kier molecular flexibility index (Phi) is 3.59. The van der Waals surface area contributed by atoms with Gasteiger partial charge in [0, 0.05) is 53.3 Å². The number of aromatic nitrogens is 3. The average molecular weight is 592 g/mol. The van der Waals surface area contributed by atoms with Gasteiger partial charge in [-0.3, -0.25) is 0 Å². The number of nitrogens with zero attached hydrogens (tertiary/aromatic N) is 3. The molecule has 0 radical (unpaired) electrons. The number of para-hydroxylation sites is 2. The van der Waals surface area contributed by atoms with Crippen LogP contribution in [0.5, 0.6) is 0 Å².